The molecule has 0 amide bonds. The zero-order valence-corrected chi connectivity index (χ0v) is 18.2. The van der Waals surface area contributed by atoms with Gasteiger partial charge in [0.1, 0.15) is 22.8 Å². The third-order valence-electron chi connectivity index (χ3n) is 5.81. The third-order valence-corrected chi connectivity index (χ3v) is 6.30. The van der Waals surface area contributed by atoms with Crippen molar-refractivity contribution in [2.24, 2.45) is 5.92 Å². The fourth-order valence-electron chi connectivity index (χ4n) is 4.34. The molecule has 2 aliphatic heterocycles. The van der Waals surface area contributed by atoms with E-state index in [1.54, 1.807) is 18.2 Å². The summed E-state index contributed by atoms with van der Waals surface area (Å²) in [5.74, 6) is 1.82. The second-order valence-corrected chi connectivity index (χ2v) is 9.11. The molecule has 5 rings (SSSR count). The van der Waals surface area contributed by atoms with E-state index in [4.69, 9.17) is 9.15 Å². The predicted molar refractivity (Wildman–Crippen MR) is 119 cm³/mol. The number of phenolic OH excluding ortho intramolecular Hbond substituents is 1. The lowest BCUT2D eigenvalue weighted by atomic mass is 9.99. The van der Waals surface area contributed by atoms with Gasteiger partial charge in [0.05, 0.1) is 11.1 Å². The van der Waals surface area contributed by atoms with Crippen molar-refractivity contribution in [3.8, 4) is 11.5 Å². The third kappa shape index (κ3) is 3.55. The molecule has 1 saturated heterocycles. The number of hydrogen-bond donors (Lipinski definition) is 1. The van der Waals surface area contributed by atoms with E-state index < -0.39 is 0 Å². The Morgan fingerprint density at radius 3 is 2.97 bits per heavy atom. The summed E-state index contributed by atoms with van der Waals surface area (Å²) in [7, 11) is 0. The van der Waals surface area contributed by atoms with Crippen molar-refractivity contribution in [1.29, 1.82) is 0 Å². The van der Waals surface area contributed by atoms with Gasteiger partial charge >= 0.3 is 0 Å². The average Bonchev–Trinajstić information content (AvgIpc) is 3.25. The van der Waals surface area contributed by atoms with E-state index in [2.05, 4.69) is 27.8 Å². The van der Waals surface area contributed by atoms with Crippen LogP contribution in [0, 0.1) is 5.92 Å². The van der Waals surface area contributed by atoms with Gasteiger partial charge in [-0.15, -0.1) is 0 Å². The summed E-state index contributed by atoms with van der Waals surface area (Å²) >= 11 is 3.45. The largest absolute Gasteiger partial charge is 0.507 e. The summed E-state index contributed by atoms with van der Waals surface area (Å²) in [6, 6.07) is 10.8. The van der Waals surface area contributed by atoms with Gasteiger partial charge in [-0.3, -0.25) is 9.69 Å². The van der Waals surface area contributed by atoms with E-state index in [0.717, 1.165) is 35.0 Å². The van der Waals surface area contributed by atoms with E-state index in [-0.39, 0.29) is 17.3 Å². The van der Waals surface area contributed by atoms with Gasteiger partial charge in [0.25, 0.3) is 0 Å². The van der Waals surface area contributed by atoms with Crippen LogP contribution in [0.4, 0.5) is 0 Å². The molecule has 1 atom stereocenters. The Morgan fingerprint density at radius 2 is 2.13 bits per heavy atom. The summed E-state index contributed by atoms with van der Waals surface area (Å²) in [6.07, 6.45) is 4.00. The number of fused-ring (bicyclic) bond motifs is 2. The Labute approximate surface area is 183 Å². The average molecular weight is 468 g/mol. The molecule has 0 aliphatic carbocycles. The van der Waals surface area contributed by atoms with Gasteiger partial charge in [-0.2, -0.15) is 0 Å². The Bertz CT molecular complexity index is 1180. The van der Waals surface area contributed by atoms with E-state index >= 15 is 0 Å². The minimum absolute atomic E-state index is 0.162. The molecule has 1 N–H and O–H groups in total. The second kappa shape index (κ2) is 7.60. The summed E-state index contributed by atoms with van der Waals surface area (Å²) in [5.41, 5.74) is 1.90. The van der Waals surface area contributed by atoms with E-state index in [9.17, 15) is 9.90 Å². The number of allylic oxidation sites excluding steroid dienone is 1. The molecule has 3 aromatic rings. The van der Waals surface area contributed by atoms with Crippen LogP contribution in [0.3, 0.4) is 0 Å². The number of hydrogen-bond acceptors (Lipinski definition) is 5. The molecule has 2 aliphatic rings. The number of ketones is 1. The predicted octanol–water partition coefficient (Wildman–Crippen LogP) is 5.75. The number of phenols is 1. The van der Waals surface area contributed by atoms with Crippen molar-refractivity contribution in [3.63, 3.8) is 0 Å². The highest BCUT2D eigenvalue weighted by molar-refractivity contribution is 9.10. The summed E-state index contributed by atoms with van der Waals surface area (Å²) in [6.45, 7) is 4.78. The summed E-state index contributed by atoms with van der Waals surface area (Å²) in [4.78, 5) is 15.3. The zero-order chi connectivity index (χ0) is 20.8. The molecular weight excluding hydrogens is 446 g/mol. The Hall–Kier alpha value is -2.57. The van der Waals surface area contributed by atoms with Crippen LogP contribution in [-0.4, -0.2) is 28.9 Å². The van der Waals surface area contributed by atoms with Crippen LogP contribution in [-0.2, 0) is 6.54 Å². The molecule has 0 spiro atoms. The first-order valence-corrected chi connectivity index (χ1v) is 11.0. The number of piperidine rings is 1. The molecule has 3 heterocycles. The van der Waals surface area contributed by atoms with E-state index in [1.807, 2.05) is 24.3 Å². The van der Waals surface area contributed by atoms with Crippen molar-refractivity contribution in [2.45, 2.75) is 26.3 Å². The van der Waals surface area contributed by atoms with Crippen molar-refractivity contribution < 1.29 is 19.1 Å². The van der Waals surface area contributed by atoms with Crippen LogP contribution in [0.1, 0.15) is 41.4 Å². The topological polar surface area (TPSA) is 62.9 Å². The number of rotatable bonds is 3. The monoisotopic (exact) mass is 467 g/mol. The Morgan fingerprint density at radius 1 is 1.27 bits per heavy atom. The zero-order valence-electron chi connectivity index (χ0n) is 16.7. The van der Waals surface area contributed by atoms with Gasteiger partial charge in [0.15, 0.2) is 5.76 Å². The van der Waals surface area contributed by atoms with Crippen LogP contribution in [0.15, 0.2) is 51.0 Å². The molecule has 2 aromatic carbocycles. The maximum atomic E-state index is 12.9. The van der Waals surface area contributed by atoms with Gasteiger partial charge in [0, 0.05) is 29.0 Å². The lowest BCUT2D eigenvalue weighted by Gasteiger charge is -2.31. The SMILES string of the molecule is C[C@@H]1CCCN(Cc2c(O)ccc3c2O/C(=C\c2cc4cc(Br)ccc4o2)C3=O)C1. The highest BCUT2D eigenvalue weighted by atomic mass is 79.9. The molecule has 30 heavy (non-hydrogen) atoms. The maximum Gasteiger partial charge on any atom is 0.232 e. The maximum absolute atomic E-state index is 12.9. The normalized spacial score (nSPS) is 20.7. The van der Waals surface area contributed by atoms with Crippen molar-refractivity contribution in [2.75, 3.05) is 13.1 Å². The fraction of sp³-hybridized carbons (Fsp3) is 0.292. The molecule has 1 aromatic heterocycles. The molecule has 0 saturated carbocycles. The summed E-state index contributed by atoms with van der Waals surface area (Å²) < 4.78 is 12.8. The Kier molecular flexibility index (Phi) is 4.91. The number of ether oxygens (including phenoxy) is 1. The number of Topliss-reactive ketones (excluding diaryl/α,β-unsaturated/α-hetero) is 1. The fourth-order valence-corrected chi connectivity index (χ4v) is 4.72. The number of carbonyl (C=O) groups excluding carboxylic acids is 1. The first-order chi connectivity index (χ1) is 14.5. The smallest absolute Gasteiger partial charge is 0.232 e. The highest BCUT2D eigenvalue weighted by Crippen LogP contribution is 2.40. The molecule has 0 unspecified atom stereocenters. The van der Waals surface area contributed by atoms with Crippen LogP contribution < -0.4 is 4.74 Å². The lowest BCUT2D eigenvalue weighted by molar-refractivity contribution is 0.101. The summed E-state index contributed by atoms with van der Waals surface area (Å²) in [5, 5.41) is 11.4. The van der Waals surface area contributed by atoms with Gasteiger partial charge < -0.3 is 14.3 Å². The van der Waals surface area contributed by atoms with Crippen molar-refractivity contribution in [3.05, 3.63) is 63.5 Å². The van der Waals surface area contributed by atoms with Gasteiger partial charge in [-0.25, -0.2) is 0 Å². The molecular formula is C24H22BrNO4. The first-order valence-electron chi connectivity index (χ1n) is 10.2. The molecule has 0 bridgehead atoms. The minimum Gasteiger partial charge on any atom is -0.507 e. The second-order valence-electron chi connectivity index (χ2n) is 8.19. The number of benzene rings is 2. The van der Waals surface area contributed by atoms with Crippen LogP contribution in [0.5, 0.6) is 11.5 Å². The van der Waals surface area contributed by atoms with Crippen molar-refractivity contribution >= 4 is 38.8 Å². The standard InChI is InChI=1S/C24H22BrNO4/c1-14-3-2-8-26(12-14)13-19-20(27)6-5-18-23(28)22(30-24(18)19)11-17-10-15-9-16(25)4-7-21(15)29-17/h4-7,9-11,14,27H,2-3,8,12-13H2,1H3/b22-11-/t14-/m1/s1. The number of likely N-dealkylation sites (tertiary alicyclic amines) is 1. The number of aromatic hydroxyl groups is 1. The quantitative estimate of drug-likeness (QED) is 0.496. The van der Waals surface area contributed by atoms with Crippen LogP contribution in [0.2, 0.25) is 0 Å². The van der Waals surface area contributed by atoms with Crippen LogP contribution in [0.25, 0.3) is 17.0 Å². The number of furan rings is 1. The minimum atomic E-state index is -0.195. The lowest BCUT2D eigenvalue weighted by Crippen LogP contribution is -2.33. The molecule has 1 fully saturated rings. The first kappa shape index (κ1) is 19.4. The molecule has 6 heteroatoms. The van der Waals surface area contributed by atoms with Gasteiger partial charge in [-0.1, -0.05) is 22.9 Å². The molecule has 5 nitrogen and oxygen atoms in total. The highest BCUT2D eigenvalue weighted by Gasteiger charge is 2.32. The molecule has 154 valence electrons. The van der Waals surface area contributed by atoms with Crippen LogP contribution >= 0.6 is 15.9 Å². The number of carbonyl (C=O) groups is 1. The van der Waals surface area contributed by atoms with Gasteiger partial charge in [-0.05, 0) is 61.7 Å². The van der Waals surface area contributed by atoms with Crippen molar-refractivity contribution in [1.82, 2.24) is 4.90 Å². The van der Waals surface area contributed by atoms with E-state index in [1.165, 1.54) is 6.42 Å². The number of nitrogens with zero attached hydrogens (tertiary/aromatic N) is 1. The van der Waals surface area contributed by atoms with E-state index in [0.29, 0.717) is 35.1 Å². The molecule has 0 radical (unpaired) electrons. The Balaban J connectivity index is 1.46. The van der Waals surface area contributed by atoms with Gasteiger partial charge in [0.2, 0.25) is 5.78 Å². The number of halogens is 1.